The Labute approximate surface area is 107 Å². The zero-order valence-electron chi connectivity index (χ0n) is 11.1. The summed E-state index contributed by atoms with van der Waals surface area (Å²) in [7, 11) is 1.33. The van der Waals surface area contributed by atoms with Crippen LogP contribution in [0.3, 0.4) is 0 Å². The lowest BCUT2D eigenvalue weighted by Gasteiger charge is -2.28. The van der Waals surface area contributed by atoms with Crippen molar-refractivity contribution in [2.75, 3.05) is 12.4 Å². The molecule has 5 nitrogen and oxygen atoms in total. The van der Waals surface area contributed by atoms with Crippen molar-refractivity contribution in [2.24, 2.45) is 5.41 Å². The molecular formula is C13H19N3O2. The maximum atomic E-state index is 11.2. The third kappa shape index (κ3) is 2.60. The summed E-state index contributed by atoms with van der Waals surface area (Å²) < 4.78 is 4.58. The van der Waals surface area contributed by atoms with Gasteiger partial charge < -0.3 is 10.1 Å². The Balaban J connectivity index is 2.04. The van der Waals surface area contributed by atoms with Crippen LogP contribution in [0.4, 0.5) is 5.82 Å². The van der Waals surface area contributed by atoms with Gasteiger partial charge in [-0.2, -0.15) is 0 Å². The van der Waals surface area contributed by atoms with Crippen molar-refractivity contribution >= 4 is 11.8 Å². The van der Waals surface area contributed by atoms with Crippen molar-refractivity contribution < 1.29 is 9.53 Å². The highest BCUT2D eigenvalue weighted by Crippen LogP contribution is 2.38. The Morgan fingerprint density at radius 2 is 2.22 bits per heavy atom. The number of anilines is 1. The maximum Gasteiger partial charge on any atom is 0.358 e. The molecule has 1 aromatic heterocycles. The second-order valence-corrected chi connectivity index (χ2v) is 5.37. The first kappa shape index (κ1) is 12.8. The van der Waals surface area contributed by atoms with Crippen LogP contribution in [0, 0.1) is 5.41 Å². The van der Waals surface area contributed by atoms with Gasteiger partial charge in [-0.05, 0) is 30.4 Å². The van der Waals surface area contributed by atoms with Gasteiger partial charge in [0.1, 0.15) is 5.82 Å². The first-order valence-corrected chi connectivity index (χ1v) is 6.21. The van der Waals surface area contributed by atoms with Gasteiger partial charge in [-0.15, -0.1) is 10.2 Å². The van der Waals surface area contributed by atoms with Crippen LogP contribution in [-0.2, 0) is 4.74 Å². The van der Waals surface area contributed by atoms with E-state index in [0.717, 1.165) is 6.42 Å². The van der Waals surface area contributed by atoms with E-state index in [2.05, 4.69) is 34.1 Å². The van der Waals surface area contributed by atoms with E-state index in [9.17, 15) is 4.79 Å². The van der Waals surface area contributed by atoms with Crippen LogP contribution in [-0.4, -0.2) is 29.3 Å². The molecule has 1 aliphatic carbocycles. The third-order valence-electron chi connectivity index (χ3n) is 3.64. The van der Waals surface area contributed by atoms with E-state index in [1.807, 2.05) is 0 Å². The summed E-state index contributed by atoms with van der Waals surface area (Å²) in [6.07, 6.45) is 3.60. The average Bonchev–Trinajstić information content (AvgIpc) is 2.69. The molecule has 0 bridgehead atoms. The number of nitrogens with one attached hydrogen (secondary N) is 1. The quantitative estimate of drug-likeness (QED) is 0.832. The van der Waals surface area contributed by atoms with E-state index in [-0.39, 0.29) is 11.1 Å². The summed E-state index contributed by atoms with van der Waals surface area (Å²) in [6.45, 7) is 4.52. The number of hydrogen-bond acceptors (Lipinski definition) is 5. The molecule has 1 fully saturated rings. The standard InChI is InChI=1S/C13H19N3O2/c1-13(2)8-4-5-10(13)14-11-7-6-9(15-16-11)12(17)18-3/h6-7,10H,4-5,8H2,1-3H3,(H,14,16). The van der Waals surface area contributed by atoms with Gasteiger partial charge >= 0.3 is 5.97 Å². The summed E-state index contributed by atoms with van der Waals surface area (Å²) in [5, 5.41) is 11.3. The molecule has 1 aliphatic rings. The molecule has 0 aromatic carbocycles. The van der Waals surface area contributed by atoms with Gasteiger partial charge in [0.15, 0.2) is 5.69 Å². The highest BCUT2D eigenvalue weighted by Gasteiger charge is 2.34. The van der Waals surface area contributed by atoms with Crippen LogP contribution in [0.2, 0.25) is 0 Å². The fourth-order valence-corrected chi connectivity index (χ4v) is 2.40. The highest BCUT2D eigenvalue weighted by atomic mass is 16.5. The molecule has 1 N–H and O–H groups in total. The smallest absolute Gasteiger partial charge is 0.358 e. The van der Waals surface area contributed by atoms with Crippen LogP contribution in [0.5, 0.6) is 0 Å². The number of nitrogens with zero attached hydrogens (tertiary/aromatic N) is 2. The van der Waals surface area contributed by atoms with E-state index < -0.39 is 5.97 Å². The molecular weight excluding hydrogens is 230 g/mol. The van der Waals surface area contributed by atoms with Gasteiger partial charge in [0, 0.05) is 6.04 Å². The molecule has 18 heavy (non-hydrogen) atoms. The molecule has 1 aromatic rings. The van der Waals surface area contributed by atoms with Gasteiger partial charge in [-0.25, -0.2) is 4.79 Å². The van der Waals surface area contributed by atoms with E-state index in [0.29, 0.717) is 11.9 Å². The lowest BCUT2D eigenvalue weighted by atomic mass is 9.87. The van der Waals surface area contributed by atoms with Crippen LogP contribution in [0.25, 0.3) is 0 Å². The Kier molecular flexibility index (Phi) is 3.50. The monoisotopic (exact) mass is 249 g/mol. The van der Waals surface area contributed by atoms with E-state index in [4.69, 9.17) is 0 Å². The Morgan fingerprint density at radius 3 is 2.72 bits per heavy atom. The Bertz CT molecular complexity index is 428. The van der Waals surface area contributed by atoms with Crippen molar-refractivity contribution in [2.45, 2.75) is 39.2 Å². The fourth-order valence-electron chi connectivity index (χ4n) is 2.40. The van der Waals surface area contributed by atoms with Gasteiger partial charge in [0.25, 0.3) is 0 Å². The summed E-state index contributed by atoms with van der Waals surface area (Å²) >= 11 is 0. The summed E-state index contributed by atoms with van der Waals surface area (Å²) in [5.74, 6) is 0.248. The molecule has 0 aliphatic heterocycles. The lowest BCUT2D eigenvalue weighted by Crippen LogP contribution is -2.31. The lowest BCUT2D eigenvalue weighted by molar-refractivity contribution is 0.0593. The normalized spacial score (nSPS) is 21.6. The summed E-state index contributed by atoms with van der Waals surface area (Å²) in [4.78, 5) is 11.2. The van der Waals surface area contributed by atoms with Crippen LogP contribution in [0.1, 0.15) is 43.6 Å². The number of esters is 1. The molecule has 1 unspecified atom stereocenters. The average molecular weight is 249 g/mol. The number of carbonyl (C=O) groups excluding carboxylic acids is 1. The molecule has 2 rings (SSSR count). The first-order chi connectivity index (χ1) is 8.53. The van der Waals surface area contributed by atoms with Gasteiger partial charge in [0.2, 0.25) is 0 Å². The molecule has 5 heteroatoms. The largest absolute Gasteiger partial charge is 0.464 e. The molecule has 0 amide bonds. The van der Waals surface area contributed by atoms with E-state index in [1.54, 1.807) is 12.1 Å². The van der Waals surface area contributed by atoms with Crippen molar-refractivity contribution in [3.05, 3.63) is 17.8 Å². The number of ether oxygens (including phenoxy) is 1. The molecule has 0 saturated heterocycles. The SMILES string of the molecule is COC(=O)c1ccc(NC2CCCC2(C)C)nn1. The van der Waals surface area contributed by atoms with Crippen LogP contribution >= 0.6 is 0 Å². The molecule has 0 radical (unpaired) electrons. The molecule has 1 heterocycles. The highest BCUT2D eigenvalue weighted by molar-refractivity contribution is 5.86. The number of methoxy groups -OCH3 is 1. The van der Waals surface area contributed by atoms with Crippen molar-refractivity contribution in [3.63, 3.8) is 0 Å². The second kappa shape index (κ2) is 4.92. The van der Waals surface area contributed by atoms with Crippen LogP contribution < -0.4 is 5.32 Å². The van der Waals surface area contributed by atoms with Gasteiger partial charge in [-0.1, -0.05) is 20.3 Å². The number of aromatic nitrogens is 2. The zero-order chi connectivity index (χ0) is 13.2. The van der Waals surface area contributed by atoms with Crippen molar-refractivity contribution in [1.29, 1.82) is 0 Å². The predicted octanol–water partition coefficient (Wildman–Crippen LogP) is 2.25. The minimum Gasteiger partial charge on any atom is -0.464 e. The number of carbonyl (C=O) groups is 1. The topological polar surface area (TPSA) is 64.1 Å². The zero-order valence-corrected chi connectivity index (χ0v) is 11.1. The van der Waals surface area contributed by atoms with Crippen LogP contribution in [0.15, 0.2) is 12.1 Å². The van der Waals surface area contributed by atoms with E-state index >= 15 is 0 Å². The van der Waals surface area contributed by atoms with Gasteiger partial charge in [-0.3, -0.25) is 0 Å². The molecule has 1 saturated carbocycles. The maximum absolute atomic E-state index is 11.2. The number of hydrogen-bond donors (Lipinski definition) is 1. The number of rotatable bonds is 3. The van der Waals surface area contributed by atoms with Gasteiger partial charge in [0.05, 0.1) is 7.11 Å². The predicted molar refractivity (Wildman–Crippen MR) is 68.4 cm³/mol. The van der Waals surface area contributed by atoms with Crippen molar-refractivity contribution in [3.8, 4) is 0 Å². The Morgan fingerprint density at radius 1 is 1.44 bits per heavy atom. The van der Waals surface area contributed by atoms with E-state index in [1.165, 1.54) is 20.0 Å². The Hall–Kier alpha value is -1.65. The molecule has 0 spiro atoms. The molecule has 98 valence electrons. The molecule has 1 atom stereocenters. The summed E-state index contributed by atoms with van der Waals surface area (Å²) in [5.41, 5.74) is 0.511. The minimum absolute atomic E-state index is 0.230. The van der Waals surface area contributed by atoms with Crippen molar-refractivity contribution in [1.82, 2.24) is 10.2 Å². The minimum atomic E-state index is -0.463. The third-order valence-corrected chi connectivity index (χ3v) is 3.64. The second-order valence-electron chi connectivity index (χ2n) is 5.37. The fraction of sp³-hybridized carbons (Fsp3) is 0.615. The summed E-state index contributed by atoms with van der Waals surface area (Å²) in [6, 6.07) is 3.81. The first-order valence-electron chi connectivity index (χ1n) is 6.21.